The molecule has 0 bridgehead atoms. The van der Waals surface area contributed by atoms with Crippen LogP contribution in [0.3, 0.4) is 0 Å². The molecule has 0 fully saturated rings. The van der Waals surface area contributed by atoms with Gasteiger partial charge in [0.15, 0.2) is 8.32 Å². The van der Waals surface area contributed by atoms with Gasteiger partial charge in [0, 0.05) is 4.47 Å². The average Bonchev–Trinajstić information content (AvgIpc) is 2.21. The molecule has 0 saturated carbocycles. The van der Waals surface area contributed by atoms with Gasteiger partial charge in [-0.2, -0.15) is 0 Å². The highest BCUT2D eigenvalue weighted by atomic mass is 79.9. The monoisotopic (exact) mass is 328 g/mol. The van der Waals surface area contributed by atoms with E-state index in [0.29, 0.717) is 0 Å². The van der Waals surface area contributed by atoms with Crippen LogP contribution in [-0.2, 0) is 11.0 Å². The average molecular weight is 329 g/mol. The molecule has 0 radical (unpaired) electrons. The maximum atomic E-state index is 6.25. The zero-order valence-corrected chi connectivity index (χ0v) is 15.2. The van der Waals surface area contributed by atoms with Gasteiger partial charge in [-0.25, -0.2) is 0 Å². The number of rotatable bonds is 3. The summed E-state index contributed by atoms with van der Waals surface area (Å²) in [5.41, 5.74) is 3.84. The van der Waals surface area contributed by atoms with Gasteiger partial charge < -0.3 is 4.43 Å². The number of hydrogen-bond donors (Lipinski definition) is 0. The molecule has 18 heavy (non-hydrogen) atoms. The van der Waals surface area contributed by atoms with E-state index in [9.17, 15) is 0 Å². The normalized spacial score (nSPS) is 12.9. The van der Waals surface area contributed by atoms with Crippen LogP contribution in [0, 0.1) is 13.8 Å². The fourth-order valence-electron chi connectivity index (χ4n) is 1.60. The third-order valence-electron chi connectivity index (χ3n) is 3.90. The third-order valence-corrected chi connectivity index (χ3v) is 9.63. The van der Waals surface area contributed by atoms with E-state index < -0.39 is 8.32 Å². The van der Waals surface area contributed by atoms with E-state index in [1.165, 1.54) is 21.2 Å². The molecule has 1 aromatic carbocycles. The molecule has 0 aromatic heterocycles. The van der Waals surface area contributed by atoms with Gasteiger partial charge in [0.1, 0.15) is 0 Å². The molecule has 0 N–H and O–H groups in total. The molecule has 1 aromatic rings. The Labute approximate surface area is 121 Å². The van der Waals surface area contributed by atoms with Crippen LogP contribution in [0.25, 0.3) is 0 Å². The fourth-order valence-corrected chi connectivity index (χ4v) is 2.79. The molecule has 0 atom stereocenters. The van der Waals surface area contributed by atoms with E-state index >= 15 is 0 Å². The molecule has 0 aliphatic heterocycles. The molecule has 0 amide bonds. The Bertz CT molecular complexity index is 410. The van der Waals surface area contributed by atoms with E-state index in [2.05, 4.69) is 75.8 Å². The molecular formula is C15H25BrOSi. The minimum absolute atomic E-state index is 0.270. The highest BCUT2D eigenvalue weighted by Gasteiger charge is 2.37. The van der Waals surface area contributed by atoms with Crippen molar-refractivity contribution in [3.05, 3.63) is 33.3 Å². The minimum Gasteiger partial charge on any atom is -0.413 e. The van der Waals surface area contributed by atoms with E-state index in [1.807, 2.05) is 0 Å². The van der Waals surface area contributed by atoms with Crippen LogP contribution in [0.5, 0.6) is 0 Å². The highest BCUT2D eigenvalue weighted by molar-refractivity contribution is 9.10. The van der Waals surface area contributed by atoms with Crippen molar-refractivity contribution < 1.29 is 4.43 Å². The zero-order chi connectivity index (χ0) is 14.1. The molecule has 0 unspecified atom stereocenters. The first-order valence-corrected chi connectivity index (χ1v) is 10.1. The minimum atomic E-state index is -1.65. The van der Waals surface area contributed by atoms with Crippen molar-refractivity contribution in [1.29, 1.82) is 0 Å². The van der Waals surface area contributed by atoms with Gasteiger partial charge >= 0.3 is 0 Å². The second-order valence-electron chi connectivity index (χ2n) is 6.59. The van der Waals surface area contributed by atoms with Crippen molar-refractivity contribution in [3.63, 3.8) is 0 Å². The molecule has 0 aliphatic rings. The quantitative estimate of drug-likeness (QED) is 0.657. The lowest BCUT2D eigenvalue weighted by atomic mass is 10.1. The van der Waals surface area contributed by atoms with Gasteiger partial charge in [-0.3, -0.25) is 0 Å². The van der Waals surface area contributed by atoms with Crippen LogP contribution in [0.1, 0.15) is 37.5 Å². The summed E-state index contributed by atoms with van der Waals surface area (Å²) in [6.07, 6.45) is 0. The van der Waals surface area contributed by atoms with Gasteiger partial charge in [-0.05, 0) is 48.7 Å². The van der Waals surface area contributed by atoms with Crippen LogP contribution in [-0.4, -0.2) is 8.32 Å². The number of benzene rings is 1. The summed E-state index contributed by atoms with van der Waals surface area (Å²) in [6.45, 7) is 16.4. The van der Waals surface area contributed by atoms with Crippen molar-refractivity contribution in [1.82, 2.24) is 0 Å². The Morgan fingerprint density at radius 2 is 1.56 bits per heavy atom. The molecule has 0 saturated heterocycles. The van der Waals surface area contributed by atoms with E-state index in [0.717, 1.165) is 6.61 Å². The summed E-state index contributed by atoms with van der Waals surface area (Å²) in [5.74, 6) is 0. The smallest absolute Gasteiger partial charge is 0.192 e. The van der Waals surface area contributed by atoms with E-state index in [1.54, 1.807) is 0 Å². The van der Waals surface area contributed by atoms with Gasteiger partial charge in [-0.15, -0.1) is 0 Å². The van der Waals surface area contributed by atoms with Crippen LogP contribution in [0.2, 0.25) is 18.1 Å². The van der Waals surface area contributed by atoms with Gasteiger partial charge in [0.05, 0.1) is 6.61 Å². The van der Waals surface area contributed by atoms with Crippen molar-refractivity contribution >= 4 is 24.2 Å². The Hall–Kier alpha value is -0.123. The first kappa shape index (κ1) is 15.9. The lowest BCUT2D eigenvalue weighted by Gasteiger charge is -2.36. The maximum absolute atomic E-state index is 6.25. The van der Waals surface area contributed by atoms with Gasteiger partial charge in [-0.1, -0.05) is 48.8 Å². The molecule has 0 spiro atoms. The predicted molar refractivity (Wildman–Crippen MR) is 85.6 cm³/mol. The topological polar surface area (TPSA) is 9.23 Å². The summed E-state index contributed by atoms with van der Waals surface area (Å²) in [7, 11) is -1.65. The van der Waals surface area contributed by atoms with Crippen LogP contribution in [0.15, 0.2) is 16.6 Å². The summed E-state index contributed by atoms with van der Waals surface area (Å²) >= 11 is 3.60. The van der Waals surface area contributed by atoms with Gasteiger partial charge in [0.2, 0.25) is 0 Å². The summed E-state index contributed by atoms with van der Waals surface area (Å²) in [5, 5.41) is 0.270. The van der Waals surface area contributed by atoms with Crippen molar-refractivity contribution in [2.24, 2.45) is 0 Å². The number of halogens is 1. The largest absolute Gasteiger partial charge is 0.413 e. The zero-order valence-electron chi connectivity index (χ0n) is 12.6. The van der Waals surface area contributed by atoms with E-state index in [4.69, 9.17) is 4.43 Å². The second kappa shape index (κ2) is 5.47. The SMILES string of the molecule is Cc1cc(CO[Si](C)(C)C(C)(C)C)cc(C)c1Br. The van der Waals surface area contributed by atoms with Crippen LogP contribution >= 0.6 is 15.9 Å². The molecule has 1 rings (SSSR count). The molecule has 3 heteroatoms. The Kier molecular flexibility index (Phi) is 4.85. The van der Waals surface area contributed by atoms with Crippen LogP contribution in [0.4, 0.5) is 0 Å². The predicted octanol–water partition coefficient (Wildman–Crippen LogP) is 5.59. The summed E-state index contributed by atoms with van der Waals surface area (Å²) in [6, 6.07) is 4.43. The maximum Gasteiger partial charge on any atom is 0.192 e. The number of hydrogen-bond acceptors (Lipinski definition) is 1. The summed E-state index contributed by atoms with van der Waals surface area (Å²) < 4.78 is 7.46. The molecular weight excluding hydrogens is 304 g/mol. The second-order valence-corrected chi connectivity index (χ2v) is 12.2. The molecule has 0 aliphatic carbocycles. The Morgan fingerprint density at radius 1 is 1.11 bits per heavy atom. The standard InChI is InChI=1S/C15H25BrOSi/c1-11-8-13(9-12(2)14(11)16)10-17-18(6,7)15(3,4)5/h8-9H,10H2,1-7H3. The lowest BCUT2D eigenvalue weighted by molar-refractivity contribution is 0.276. The van der Waals surface area contributed by atoms with Crippen molar-refractivity contribution in [2.45, 2.75) is 59.4 Å². The molecule has 0 heterocycles. The van der Waals surface area contributed by atoms with Crippen LogP contribution < -0.4 is 0 Å². The van der Waals surface area contributed by atoms with E-state index in [-0.39, 0.29) is 5.04 Å². The third kappa shape index (κ3) is 3.69. The summed E-state index contributed by atoms with van der Waals surface area (Å²) in [4.78, 5) is 0. The first-order chi connectivity index (χ1) is 8.04. The van der Waals surface area contributed by atoms with Crippen molar-refractivity contribution in [3.8, 4) is 0 Å². The Balaban J connectivity index is 2.82. The fraction of sp³-hybridized carbons (Fsp3) is 0.600. The lowest BCUT2D eigenvalue weighted by Crippen LogP contribution is -2.40. The van der Waals surface area contributed by atoms with Gasteiger partial charge in [0.25, 0.3) is 0 Å². The number of aryl methyl sites for hydroxylation is 2. The Morgan fingerprint density at radius 3 is 1.94 bits per heavy atom. The highest BCUT2D eigenvalue weighted by Crippen LogP contribution is 2.37. The molecule has 102 valence electrons. The molecule has 1 nitrogen and oxygen atoms in total. The van der Waals surface area contributed by atoms with Crippen molar-refractivity contribution in [2.75, 3.05) is 0 Å². The first-order valence-electron chi connectivity index (χ1n) is 6.44.